The molecule has 0 aliphatic rings. The highest BCUT2D eigenvalue weighted by atomic mass is 19.4. The molecule has 1 heterocycles. The van der Waals surface area contributed by atoms with Crippen LogP contribution in [-0.2, 0) is 11.3 Å². The average molecular weight is 285 g/mol. The molecule has 0 saturated carbocycles. The molecule has 0 spiro atoms. The Hall–Kier alpha value is -2.02. The summed E-state index contributed by atoms with van der Waals surface area (Å²) in [5, 5.41) is 3.08. The fraction of sp³-hybridized carbons (Fsp3) is 0.308. The molecule has 2 rings (SSSR count). The summed E-state index contributed by atoms with van der Waals surface area (Å²) in [6.45, 7) is -0.965. The number of ether oxygens (including phenoxy) is 1. The van der Waals surface area contributed by atoms with Crippen molar-refractivity contribution in [2.24, 2.45) is 0 Å². The van der Waals surface area contributed by atoms with Crippen molar-refractivity contribution in [3.63, 3.8) is 0 Å². The Labute approximate surface area is 114 Å². The normalized spacial score (nSPS) is 11.6. The van der Waals surface area contributed by atoms with Crippen LogP contribution in [-0.4, -0.2) is 28.9 Å². The summed E-state index contributed by atoms with van der Waals surface area (Å²) in [5.41, 5.74) is 0.858. The molecular formula is C13H14F3N3O. The minimum absolute atomic E-state index is 0.0284. The third-order valence-electron chi connectivity index (χ3n) is 2.49. The van der Waals surface area contributed by atoms with Crippen LogP contribution in [0.1, 0.15) is 0 Å². The Morgan fingerprint density at radius 2 is 1.95 bits per heavy atom. The molecule has 108 valence electrons. The third kappa shape index (κ3) is 4.58. The largest absolute Gasteiger partial charge is 0.411 e. The second kappa shape index (κ2) is 6.42. The summed E-state index contributed by atoms with van der Waals surface area (Å²) >= 11 is 0. The van der Waals surface area contributed by atoms with Gasteiger partial charge in [-0.3, -0.25) is 0 Å². The highest BCUT2D eigenvalue weighted by Gasteiger charge is 2.27. The summed E-state index contributed by atoms with van der Waals surface area (Å²) in [7, 11) is 0. The Bertz CT molecular complexity index is 525. The van der Waals surface area contributed by atoms with E-state index in [1.54, 1.807) is 17.0 Å². The predicted molar refractivity (Wildman–Crippen MR) is 68.8 cm³/mol. The maximum Gasteiger partial charge on any atom is 0.411 e. The first kappa shape index (κ1) is 14.4. The number of aromatic nitrogens is 2. The number of imidazole rings is 1. The van der Waals surface area contributed by atoms with Crippen LogP contribution in [0.2, 0.25) is 0 Å². The summed E-state index contributed by atoms with van der Waals surface area (Å²) in [5.74, 6) is 0.562. The van der Waals surface area contributed by atoms with Crippen molar-refractivity contribution < 1.29 is 17.9 Å². The number of rotatable bonds is 6. The van der Waals surface area contributed by atoms with Crippen LogP contribution in [0, 0.1) is 0 Å². The van der Waals surface area contributed by atoms with Gasteiger partial charge in [-0.25, -0.2) is 4.98 Å². The van der Waals surface area contributed by atoms with Crippen molar-refractivity contribution in [3.05, 3.63) is 42.7 Å². The molecule has 0 amide bonds. The molecule has 0 atom stereocenters. The summed E-state index contributed by atoms with van der Waals surface area (Å²) < 4.78 is 42.1. The number of hydrogen-bond donors (Lipinski definition) is 1. The van der Waals surface area contributed by atoms with E-state index < -0.39 is 12.8 Å². The van der Waals surface area contributed by atoms with E-state index in [1.165, 1.54) is 0 Å². The fourth-order valence-electron chi connectivity index (χ4n) is 1.62. The highest BCUT2D eigenvalue weighted by Crippen LogP contribution is 2.16. The van der Waals surface area contributed by atoms with Gasteiger partial charge >= 0.3 is 6.18 Å². The van der Waals surface area contributed by atoms with Crippen molar-refractivity contribution in [2.75, 3.05) is 18.5 Å². The summed E-state index contributed by atoms with van der Waals surface area (Å²) in [6, 6.07) is 9.39. The molecule has 20 heavy (non-hydrogen) atoms. The smallest absolute Gasteiger partial charge is 0.370 e. The highest BCUT2D eigenvalue weighted by molar-refractivity contribution is 5.52. The molecule has 0 bridgehead atoms. The Kier molecular flexibility index (Phi) is 4.62. The average Bonchev–Trinajstić information content (AvgIpc) is 2.82. The molecule has 0 saturated heterocycles. The van der Waals surface area contributed by atoms with Crippen LogP contribution in [0.5, 0.6) is 0 Å². The molecule has 0 aliphatic heterocycles. The molecule has 0 aliphatic carbocycles. The van der Waals surface area contributed by atoms with Crippen molar-refractivity contribution >= 4 is 11.6 Å². The number of para-hydroxylation sites is 1. The van der Waals surface area contributed by atoms with Gasteiger partial charge in [0, 0.05) is 24.6 Å². The standard InChI is InChI=1S/C13H14F3N3O/c14-13(15,16)10-20-9-8-19-7-6-17-12(19)18-11-4-2-1-3-5-11/h1-7H,8-10H2,(H,17,18). The lowest BCUT2D eigenvalue weighted by molar-refractivity contribution is -0.174. The first-order valence-electron chi connectivity index (χ1n) is 6.02. The zero-order valence-corrected chi connectivity index (χ0v) is 10.6. The number of nitrogens with one attached hydrogen (secondary N) is 1. The van der Waals surface area contributed by atoms with Gasteiger partial charge in [0.1, 0.15) is 6.61 Å². The SMILES string of the molecule is FC(F)(F)COCCn1ccnc1Nc1ccccc1. The van der Waals surface area contributed by atoms with Gasteiger partial charge in [0.2, 0.25) is 5.95 Å². The van der Waals surface area contributed by atoms with Gasteiger partial charge in [-0.1, -0.05) is 18.2 Å². The molecule has 7 heteroatoms. The molecular weight excluding hydrogens is 271 g/mol. The monoisotopic (exact) mass is 285 g/mol. The van der Waals surface area contributed by atoms with Crippen LogP contribution < -0.4 is 5.32 Å². The van der Waals surface area contributed by atoms with E-state index in [0.29, 0.717) is 12.5 Å². The van der Waals surface area contributed by atoms with Gasteiger partial charge in [0.15, 0.2) is 0 Å². The number of anilines is 2. The first-order valence-corrected chi connectivity index (χ1v) is 6.02. The van der Waals surface area contributed by atoms with Crippen molar-refractivity contribution in [2.45, 2.75) is 12.7 Å². The van der Waals surface area contributed by atoms with E-state index >= 15 is 0 Å². The van der Waals surface area contributed by atoms with Crippen LogP contribution in [0.25, 0.3) is 0 Å². The number of benzene rings is 1. The second-order valence-corrected chi connectivity index (χ2v) is 4.10. The maximum absolute atomic E-state index is 11.9. The zero-order chi connectivity index (χ0) is 14.4. The van der Waals surface area contributed by atoms with Gasteiger partial charge in [0.25, 0.3) is 0 Å². The Balaban J connectivity index is 1.86. The molecule has 1 aromatic carbocycles. The van der Waals surface area contributed by atoms with Gasteiger partial charge in [-0.15, -0.1) is 0 Å². The van der Waals surface area contributed by atoms with E-state index in [4.69, 9.17) is 0 Å². The number of halogens is 3. The van der Waals surface area contributed by atoms with Crippen LogP contribution in [0.3, 0.4) is 0 Å². The molecule has 1 aromatic heterocycles. The topological polar surface area (TPSA) is 39.1 Å². The lowest BCUT2D eigenvalue weighted by atomic mass is 10.3. The number of hydrogen-bond acceptors (Lipinski definition) is 3. The van der Waals surface area contributed by atoms with Gasteiger partial charge in [-0.05, 0) is 12.1 Å². The van der Waals surface area contributed by atoms with Gasteiger partial charge in [-0.2, -0.15) is 13.2 Å². The third-order valence-corrected chi connectivity index (χ3v) is 2.49. The quantitative estimate of drug-likeness (QED) is 0.828. The maximum atomic E-state index is 11.9. The first-order chi connectivity index (χ1) is 9.54. The number of nitrogens with zero attached hydrogens (tertiary/aromatic N) is 2. The van der Waals surface area contributed by atoms with Gasteiger partial charge < -0.3 is 14.6 Å². The molecule has 4 nitrogen and oxygen atoms in total. The van der Waals surface area contributed by atoms with E-state index in [-0.39, 0.29) is 6.61 Å². The van der Waals surface area contributed by atoms with Crippen molar-refractivity contribution in [1.82, 2.24) is 9.55 Å². The van der Waals surface area contributed by atoms with Crippen LogP contribution in [0.4, 0.5) is 24.8 Å². The zero-order valence-electron chi connectivity index (χ0n) is 10.6. The molecule has 0 radical (unpaired) electrons. The predicted octanol–water partition coefficient (Wildman–Crippen LogP) is 3.21. The minimum Gasteiger partial charge on any atom is -0.370 e. The van der Waals surface area contributed by atoms with E-state index in [0.717, 1.165) is 5.69 Å². The van der Waals surface area contributed by atoms with E-state index in [9.17, 15) is 13.2 Å². The summed E-state index contributed by atoms with van der Waals surface area (Å²) in [4.78, 5) is 4.11. The van der Waals surface area contributed by atoms with Crippen LogP contribution >= 0.6 is 0 Å². The Morgan fingerprint density at radius 1 is 1.20 bits per heavy atom. The van der Waals surface area contributed by atoms with Gasteiger partial charge in [0.05, 0.1) is 6.61 Å². The van der Waals surface area contributed by atoms with E-state index in [2.05, 4.69) is 15.0 Å². The molecule has 0 fully saturated rings. The van der Waals surface area contributed by atoms with Crippen LogP contribution in [0.15, 0.2) is 42.7 Å². The summed E-state index contributed by atoms with van der Waals surface area (Å²) in [6.07, 6.45) is -1.03. The fourth-order valence-corrected chi connectivity index (χ4v) is 1.62. The van der Waals surface area contributed by atoms with Crippen molar-refractivity contribution in [1.29, 1.82) is 0 Å². The molecule has 0 unspecified atom stereocenters. The lowest BCUT2D eigenvalue weighted by Crippen LogP contribution is -2.19. The number of alkyl halides is 3. The van der Waals surface area contributed by atoms with E-state index in [1.807, 2.05) is 30.3 Å². The molecule has 1 N–H and O–H groups in total. The lowest BCUT2D eigenvalue weighted by Gasteiger charge is -2.11. The minimum atomic E-state index is -4.29. The molecule has 2 aromatic rings. The second-order valence-electron chi connectivity index (χ2n) is 4.10. The Morgan fingerprint density at radius 3 is 2.65 bits per heavy atom. The van der Waals surface area contributed by atoms with Crippen molar-refractivity contribution in [3.8, 4) is 0 Å².